The number of anilines is 2. The second kappa shape index (κ2) is 8.55. The summed E-state index contributed by atoms with van der Waals surface area (Å²) >= 11 is 1.54. The number of hydrogen-bond acceptors (Lipinski definition) is 5. The van der Waals surface area contributed by atoms with Crippen molar-refractivity contribution in [3.8, 4) is 0 Å². The summed E-state index contributed by atoms with van der Waals surface area (Å²) in [6.45, 7) is 4.46. The van der Waals surface area contributed by atoms with Crippen molar-refractivity contribution >= 4 is 45.0 Å². The fraction of sp³-hybridized carbons (Fsp3) is 0.364. The number of sulfonamides is 1. The number of carbonyl (C=O) groups excluding carboxylic acids is 2. The lowest BCUT2D eigenvalue weighted by Crippen LogP contribution is -2.44. The maximum Gasteiger partial charge on any atom is 0.255 e. The number of aryl methyl sites for hydroxylation is 2. The van der Waals surface area contributed by atoms with Gasteiger partial charge in [0.25, 0.3) is 5.91 Å². The van der Waals surface area contributed by atoms with E-state index >= 15 is 0 Å². The van der Waals surface area contributed by atoms with E-state index in [1.807, 2.05) is 32.0 Å². The molecule has 1 atom stereocenters. The first-order valence-corrected chi connectivity index (χ1v) is 12.9. The number of rotatable bonds is 4. The van der Waals surface area contributed by atoms with Gasteiger partial charge in [-0.1, -0.05) is 6.07 Å². The van der Waals surface area contributed by atoms with Gasteiger partial charge in [0, 0.05) is 23.5 Å². The molecule has 2 aromatic rings. The highest BCUT2D eigenvalue weighted by Crippen LogP contribution is 2.27. The first kappa shape index (κ1) is 21.7. The number of nitrogens with one attached hydrogen (secondary N) is 1. The van der Waals surface area contributed by atoms with E-state index < -0.39 is 16.1 Å². The molecule has 0 spiro atoms. The topological polar surface area (TPSA) is 86.8 Å². The molecule has 164 valence electrons. The van der Waals surface area contributed by atoms with Gasteiger partial charge in [0.05, 0.1) is 17.3 Å². The SMILES string of the molecule is Cc1ccc(NC(=O)C2CSCN2C(=O)c2ccc(N3CCCS3(=O)=O)cc2)cc1C. The second-order valence-corrected chi connectivity index (χ2v) is 10.9. The molecular formula is C22H25N3O4S2. The largest absolute Gasteiger partial charge is 0.324 e. The van der Waals surface area contributed by atoms with Crippen LogP contribution < -0.4 is 9.62 Å². The maximum atomic E-state index is 13.1. The van der Waals surface area contributed by atoms with Gasteiger partial charge in [-0.2, -0.15) is 0 Å². The Hall–Kier alpha value is -2.52. The fourth-order valence-electron chi connectivity index (χ4n) is 3.77. The Labute approximate surface area is 186 Å². The molecule has 2 amide bonds. The Bertz CT molecular complexity index is 1120. The van der Waals surface area contributed by atoms with E-state index in [2.05, 4.69) is 5.32 Å². The van der Waals surface area contributed by atoms with Crippen LogP contribution in [-0.2, 0) is 14.8 Å². The van der Waals surface area contributed by atoms with Crippen LogP contribution in [-0.4, -0.2) is 55.1 Å². The molecule has 2 heterocycles. The van der Waals surface area contributed by atoms with Crippen molar-refractivity contribution in [1.29, 1.82) is 0 Å². The monoisotopic (exact) mass is 459 g/mol. The highest BCUT2D eigenvalue weighted by Gasteiger charge is 2.35. The minimum atomic E-state index is -3.26. The molecule has 9 heteroatoms. The van der Waals surface area contributed by atoms with Crippen LogP contribution in [0, 0.1) is 13.8 Å². The van der Waals surface area contributed by atoms with E-state index in [4.69, 9.17) is 0 Å². The van der Waals surface area contributed by atoms with Crippen molar-refractivity contribution in [2.24, 2.45) is 0 Å². The smallest absolute Gasteiger partial charge is 0.255 e. The number of nitrogens with zero attached hydrogens (tertiary/aromatic N) is 2. The van der Waals surface area contributed by atoms with Crippen molar-refractivity contribution in [3.63, 3.8) is 0 Å². The zero-order chi connectivity index (χ0) is 22.2. The fourth-order valence-corrected chi connectivity index (χ4v) is 6.49. The molecule has 0 aliphatic carbocycles. The highest BCUT2D eigenvalue weighted by atomic mass is 32.2. The molecule has 0 aromatic heterocycles. The summed E-state index contributed by atoms with van der Waals surface area (Å²) in [7, 11) is -3.26. The van der Waals surface area contributed by atoms with Gasteiger partial charge in [-0.05, 0) is 67.8 Å². The summed E-state index contributed by atoms with van der Waals surface area (Å²) in [4.78, 5) is 27.5. The molecule has 2 aliphatic rings. The van der Waals surface area contributed by atoms with Crippen LogP contribution in [0.1, 0.15) is 27.9 Å². The van der Waals surface area contributed by atoms with Crippen LogP contribution >= 0.6 is 11.8 Å². The van der Waals surface area contributed by atoms with E-state index in [1.54, 1.807) is 29.2 Å². The summed E-state index contributed by atoms with van der Waals surface area (Å²) in [6.07, 6.45) is 0.602. The van der Waals surface area contributed by atoms with E-state index in [9.17, 15) is 18.0 Å². The van der Waals surface area contributed by atoms with Crippen LogP contribution in [0.15, 0.2) is 42.5 Å². The summed E-state index contributed by atoms with van der Waals surface area (Å²) in [5.74, 6) is 0.677. The Balaban J connectivity index is 1.47. The summed E-state index contributed by atoms with van der Waals surface area (Å²) < 4.78 is 25.6. The van der Waals surface area contributed by atoms with Crippen LogP contribution in [0.25, 0.3) is 0 Å². The molecule has 7 nitrogen and oxygen atoms in total. The number of benzene rings is 2. The van der Waals surface area contributed by atoms with Crippen molar-refractivity contribution in [2.75, 3.05) is 33.5 Å². The summed E-state index contributed by atoms with van der Waals surface area (Å²) in [5.41, 5.74) is 3.96. The third-order valence-corrected chi connectivity index (χ3v) is 8.60. The van der Waals surface area contributed by atoms with Crippen molar-refractivity contribution in [3.05, 3.63) is 59.2 Å². The Morgan fingerprint density at radius 2 is 1.81 bits per heavy atom. The first-order chi connectivity index (χ1) is 14.8. The van der Waals surface area contributed by atoms with Gasteiger partial charge >= 0.3 is 0 Å². The molecule has 2 aromatic carbocycles. The van der Waals surface area contributed by atoms with Gasteiger partial charge < -0.3 is 10.2 Å². The van der Waals surface area contributed by atoms with E-state index in [0.717, 1.165) is 11.1 Å². The lowest BCUT2D eigenvalue weighted by molar-refractivity contribution is -0.119. The van der Waals surface area contributed by atoms with Crippen LogP contribution in [0.4, 0.5) is 11.4 Å². The highest BCUT2D eigenvalue weighted by molar-refractivity contribution is 7.99. The molecule has 31 heavy (non-hydrogen) atoms. The zero-order valence-electron chi connectivity index (χ0n) is 17.5. The van der Waals surface area contributed by atoms with E-state index in [-0.39, 0.29) is 17.6 Å². The molecule has 1 N–H and O–H groups in total. The average molecular weight is 460 g/mol. The second-order valence-electron chi connectivity index (χ2n) is 7.87. The number of carbonyl (C=O) groups is 2. The van der Waals surface area contributed by atoms with E-state index in [0.29, 0.717) is 41.5 Å². The van der Waals surface area contributed by atoms with Gasteiger partial charge in [-0.15, -0.1) is 11.8 Å². The van der Waals surface area contributed by atoms with Crippen molar-refractivity contribution in [1.82, 2.24) is 4.90 Å². The minimum absolute atomic E-state index is 0.149. The lowest BCUT2D eigenvalue weighted by Gasteiger charge is -2.24. The third-order valence-electron chi connectivity index (χ3n) is 5.72. The summed E-state index contributed by atoms with van der Waals surface area (Å²) in [6, 6.07) is 11.8. The predicted octanol–water partition coefficient (Wildman–Crippen LogP) is 3.00. The molecule has 1 unspecified atom stereocenters. The van der Waals surface area contributed by atoms with Crippen molar-refractivity contribution in [2.45, 2.75) is 26.3 Å². The zero-order valence-corrected chi connectivity index (χ0v) is 19.1. The Morgan fingerprint density at radius 1 is 1.06 bits per heavy atom. The number of hydrogen-bond donors (Lipinski definition) is 1. The normalized spacial score (nSPS) is 20.1. The van der Waals surface area contributed by atoms with Crippen LogP contribution in [0.2, 0.25) is 0 Å². The molecule has 2 saturated heterocycles. The number of thioether (sulfide) groups is 1. The first-order valence-electron chi connectivity index (χ1n) is 10.1. The lowest BCUT2D eigenvalue weighted by atomic mass is 10.1. The molecule has 0 radical (unpaired) electrons. The van der Waals surface area contributed by atoms with Gasteiger partial charge in [-0.25, -0.2) is 8.42 Å². The number of amides is 2. The molecule has 0 saturated carbocycles. The van der Waals surface area contributed by atoms with Gasteiger partial charge in [0.1, 0.15) is 6.04 Å². The molecular weight excluding hydrogens is 434 g/mol. The molecule has 4 rings (SSSR count). The van der Waals surface area contributed by atoms with E-state index in [1.165, 1.54) is 16.1 Å². The average Bonchev–Trinajstić information content (AvgIpc) is 3.36. The summed E-state index contributed by atoms with van der Waals surface area (Å²) in [5, 5.41) is 2.92. The van der Waals surface area contributed by atoms with Crippen LogP contribution in [0.3, 0.4) is 0 Å². The quantitative estimate of drug-likeness (QED) is 0.760. The Kier molecular flexibility index (Phi) is 5.98. The standard InChI is InChI=1S/C22H25N3O4S2/c1-15-4-7-18(12-16(15)2)23-21(26)20-13-30-14-24(20)22(27)17-5-8-19(9-6-17)25-10-3-11-31(25,28)29/h4-9,12,20H,3,10-11,13-14H2,1-2H3,(H,23,26). The minimum Gasteiger partial charge on any atom is -0.324 e. The predicted molar refractivity (Wildman–Crippen MR) is 124 cm³/mol. The maximum absolute atomic E-state index is 13.1. The molecule has 2 aliphatic heterocycles. The van der Waals surface area contributed by atoms with Gasteiger partial charge in [-0.3, -0.25) is 13.9 Å². The van der Waals surface area contributed by atoms with Gasteiger partial charge in [0.15, 0.2) is 0 Å². The molecule has 2 fully saturated rings. The molecule has 0 bridgehead atoms. The van der Waals surface area contributed by atoms with Gasteiger partial charge in [0.2, 0.25) is 15.9 Å². The van der Waals surface area contributed by atoms with Crippen LogP contribution in [0.5, 0.6) is 0 Å². The Morgan fingerprint density at radius 3 is 2.45 bits per heavy atom. The third kappa shape index (κ3) is 4.43. The van der Waals surface area contributed by atoms with Crippen molar-refractivity contribution < 1.29 is 18.0 Å².